The molecule has 0 saturated carbocycles. The Morgan fingerprint density at radius 3 is 2.36 bits per heavy atom. The maximum Gasteiger partial charge on any atom is 0.235 e. The van der Waals surface area contributed by atoms with Gasteiger partial charge >= 0.3 is 0 Å². The number of benzene rings is 3. The van der Waals surface area contributed by atoms with E-state index < -0.39 is 0 Å². The van der Waals surface area contributed by atoms with Gasteiger partial charge in [0.2, 0.25) is 11.2 Å². The van der Waals surface area contributed by atoms with Crippen molar-refractivity contribution in [2.45, 2.75) is 6.92 Å². The van der Waals surface area contributed by atoms with Crippen LogP contribution in [0.15, 0.2) is 69.9 Å². The van der Waals surface area contributed by atoms with Gasteiger partial charge in [0.25, 0.3) is 0 Å². The molecule has 0 aliphatic heterocycles. The number of carbonyl (C=O) groups excluding carboxylic acids is 1. The van der Waals surface area contributed by atoms with Crippen LogP contribution in [0, 0.1) is 6.92 Å². The molecule has 0 atom stereocenters. The number of ether oxygens (including phenoxy) is 3. The van der Waals surface area contributed by atoms with Crippen LogP contribution < -0.4 is 19.6 Å². The van der Waals surface area contributed by atoms with Crippen molar-refractivity contribution in [1.29, 1.82) is 0 Å². The number of hydrogen-bond acceptors (Lipinski definition) is 6. The third-order valence-electron chi connectivity index (χ3n) is 5.17. The molecule has 4 aromatic rings. The Kier molecular flexibility index (Phi) is 6.38. The van der Waals surface area contributed by atoms with Crippen LogP contribution in [0.25, 0.3) is 22.3 Å². The summed E-state index contributed by atoms with van der Waals surface area (Å²) in [5, 5.41) is 0.882. The van der Waals surface area contributed by atoms with Crippen LogP contribution in [0.2, 0.25) is 5.02 Å². The highest BCUT2D eigenvalue weighted by Gasteiger charge is 2.21. The summed E-state index contributed by atoms with van der Waals surface area (Å²) >= 11 is 5.90. The van der Waals surface area contributed by atoms with Crippen molar-refractivity contribution >= 4 is 28.4 Å². The van der Waals surface area contributed by atoms with Gasteiger partial charge in [-0.05, 0) is 67.1 Å². The van der Waals surface area contributed by atoms with E-state index in [2.05, 4.69) is 0 Å². The molecule has 0 spiro atoms. The van der Waals surface area contributed by atoms with Gasteiger partial charge in [0, 0.05) is 16.1 Å². The lowest BCUT2D eigenvalue weighted by atomic mass is 10.1. The van der Waals surface area contributed by atoms with Crippen molar-refractivity contribution in [3.8, 4) is 28.6 Å². The largest absolute Gasteiger partial charge is 0.493 e. The predicted molar refractivity (Wildman–Crippen MR) is 127 cm³/mol. The summed E-state index contributed by atoms with van der Waals surface area (Å²) in [6.07, 6.45) is 0. The second-order valence-electron chi connectivity index (χ2n) is 7.38. The number of Topliss-reactive ketones (excluding diaryl/α,β-unsaturated/α-hetero) is 1. The molecule has 0 N–H and O–H groups in total. The highest BCUT2D eigenvalue weighted by atomic mass is 35.5. The standard InChI is InChI=1S/C26H21ClO6/c1-15-4-10-19-22(12-15)33-25(17-7-11-21(30-2)23(13-17)31-3)26(24(19)29)32-14-20(28)16-5-8-18(27)9-6-16/h4-13H,14H2,1-3H3. The van der Waals surface area contributed by atoms with Gasteiger partial charge in [0.1, 0.15) is 5.58 Å². The Bertz CT molecular complexity index is 1390. The van der Waals surface area contributed by atoms with Crippen LogP contribution in [0.3, 0.4) is 0 Å². The van der Waals surface area contributed by atoms with Crippen LogP contribution in [0.5, 0.6) is 17.2 Å². The molecular weight excluding hydrogens is 444 g/mol. The van der Waals surface area contributed by atoms with Gasteiger partial charge in [-0.25, -0.2) is 0 Å². The minimum absolute atomic E-state index is 0.0547. The van der Waals surface area contributed by atoms with Crippen molar-refractivity contribution in [2.24, 2.45) is 0 Å². The van der Waals surface area contributed by atoms with E-state index in [1.54, 1.807) is 54.6 Å². The number of ketones is 1. The minimum atomic E-state index is -0.370. The summed E-state index contributed by atoms with van der Waals surface area (Å²) in [6.45, 7) is 1.56. The molecule has 0 radical (unpaired) electrons. The fourth-order valence-electron chi connectivity index (χ4n) is 3.44. The van der Waals surface area contributed by atoms with Gasteiger partial charge in [0.05, 0.1) is 19.6 Å². The van der Waals surface area contributed by atoms with E-state index in [4.69, 9.17) is 30.2 Å². The number of methoxy groups -OCH3 is 2. The smallest absolute Gasteiger partial charge is 0.235 e. The molecule has 0 aliphatic rings. The Morgan fingerprint density at radius 2 is 1.67 bits per heavy atom. The average Bonchev–Trinajstić information content (AvgIpc) is 2.82. The number of carbonyl (C=O) groups is 1. The predicted octanol–water partition coefficient (Wildman–Crippen LogP) is 5.70. The van der Waals surface area contributed by atoms with Crippen molar-refractivity contribution in [1.82, 2.24) is 0 Å². The van der Waals surface area contributed by atoms with E-state index in [1.165, 1.54) is 14.2 Å². The zero-order valence-electron chi connectivity index (χ0n) is 18.3. The fraction of sp³-hybridized carbons (Fsp3) is 0.154. The Balaban J connectivity index is 1.81. The van der Waals surface area contributed by atoms with Crippen LogP contribution in [-0.4, -0.2) is 26.6 Å². The van der Waals surface area contributed by atoms with E-state index in [1.807, 2.05) is 13.0 Å². The van der Waals surface area contributed by atoms with Gasteiger partial charge in [-0.1, -0.05) is 17.7 Å². The molecule has 1 heterocycles. The maximum atomic E-state index is 13.3. The quantitative estimate of drug-likeness (QED) is 0.326. The molecule has 0 fully saturated rings. The zero-order valence-corrected chi connectivity index (χ0v) is 19.1. The molecule has 33 heavy (non-hydrogen) atoms. The van der Waals surface area contributed by atoms with Crippen LogP contribution in [0.4, 0.5) is 0 Å². The molecule has 0 saturated heterocycles. The van der Waals surface area contributed by atoms with Crippen LogP contribution in [-0.2, 0) is 0 Å². The molecule has 0 amide bonds. The Hall–Kier alpha value is -3.77. The molecule has 4 rings (SSSR count). The first-order valence-corrected chi connectivity index (χ1v) is 10.5. The van der Waals surface area contributed by atoms with Crippen LogP contribution in [0.1, 0.15) is 15.9 Å². The van der Waals surface area contributed by atoms with Gasteiger partial charge < -0.3 is 18.6 Å². The number of rotatable bonds is 7. The molecule has 7 heteroatoms. The summed E-state index contributed by atoms with van der Waals surface area (Å²) in [5.41, 5.74) is 1.96. The van der Waals surface area contributed by atoms with Gasteiger partial charge in [-0.3, -0.25) is 9.59 Å². The zero-order chi connectivity index (χ0) is 23.5. The van der Waals surface area contributed by atoms with Crippen molar-refractivity contribution < 1.29 is 23.4 Å². The van der Waals surface area contributed by atoms with E-state index in [0.717, 1.165) is 5.56 Å². The lowest BCUT2D eigenvalue weighted by molar-refractivity contribution is 0.0920. The molecule has 1 aromatic heterocycles. The highest BCUT2D eigenvalue weighted by Crippen LogP contribution is 2.36. The Labute approximate surface area is 195 Å². The molecule has 0 bridgehead atoms. The third kappa shape index (κ3) is 4.56. The number of halogens is 1. The van der Waals surface area contributed by atoms with E-state index >= 15 is 0 Å². The van der Waals surface area contributed by atoms with Crippen molar-refractivity contribution in [3.63, 3.8) is 0 Å². The highest BCUT2D eigenvalue weighted by molar-refractivity contribution is 6.30. The summed E-state index contributed by atoms with van der Waals surface area (Å²) in [7, 11) is 3.05. The topological polar surface area (TPSA) is 75.0 Å². The molecule has 6 nitrogen and oxygen atoms in total. The fourth-order valence-corrected chi connectivity index (χ4v) is 3.56. The first-order valence-electron chi connectivity index (χ1n) is 10.1. The normalized spacial score (nSPS) is 10.8. The Morgan fingerprint density at radius 1 is 0.939 bits per heavy atom. The molecule has 0 unspecified atom stereocenters. The number of aryl methyl sites for hydroxylation is 1. The number of hydrogen-bond donors (Lipinski definition) is 0. The SMILES string of the molecule is COc1ccc(-c2oc3cc(C)ccc3c(=O)c2OCC(=O)c2ccc(Cl)cc2)cc1OC. The number of fused-ring (bicyclic) bond motifs is 1. The first kappa shape index (κ1) is 22.4. The summed E-state index contributed by atoms with van der Waals surface area (Å²) < 4.78 is 22.6. The van der Waals surface area contributed by atoms with E-state index in [-0.39, 0.29) is 29.3 Å². The summed E-state index contributed by atoms with van der Waals surface area (Å²) in [4.78, 5) is 26.0. The van der Waals surface area contributed by atoms with E-state index in [9.17, 15) is 9.59 Å². The van der Waals surface area contributed by atoms with Crippen LogP contribution >= 0.6 is 11.6 Å². The average molecular weight is 465 g/mol. The first-order chi connectivity index (χ1) is 15.9. The minimum Gasteiger partial charge on any atom is -0.493 e. The summed E-state index contributed by atoms with van der Waals surface area (Å²) in [6, 6.07) is 16.9. The van der Waals surface area contributed by atoms with Gasteiger partial charge in [-0.2, -0.15) is 0 Å². The maximum absolute atomic E-state index is 13.3. The third-order valence-corrected chi connectivity index (χ3v) is 5.42. The second kappa shape index (κ2) is 9.38. The molecular formula is C26H21ClO6. The lowest BCUT2D eigenvalue weighted by Gasteiger charge is -2.13. The summed E-state index contributed by atoms with van der Waals surface area (Å²) in [5.74, 6) is 0.836. The van der Waals surface area contributed by atoms with E-state index in [0.29, 0.717) is 38.6 Å². The lowest BCUT2D eigenvalue weighted by Crippen LogP contribution is -2.17. The molecule has 168 valence electrons. The van der Waals surface area contributed by atoms with Gasteiger partial charge in [0.15, 0.2) is 29.6 Å². The molecule has 3 aromatic carbocycles. The van der Waals surface area contributed by atoms with Crippen molar-refractivity contribution in [3.05, 3.63) is 87.0 Å². The van der Waals surface area contributed by atoms with Gasteiger partial charge in [-0.15, -0.1) is 0 Å². The van der Waals surface area contributed by atoms with Crippen molar-refractivity contribution in [2.75, 3.05) is 20.8 Å². The second-order valence-corrected chi connectivity index (χ2v) is 7.81. The molecule has 0 aliphatic carbocycles. The monoisotopic (exact) mass is 464 g/mol.